The highest BCUT2D eigenvalue weighted by molar-refractivity contribution is 5.91. The van der Waals surface area contributed by atoms with Gasteiger partial charge in [-0.1, -0.05) is 60.2 Å². The third-order valence-electron chi connectivity index (χ3n) is 4.91. The molecule has 138 valence electrons. The summed E-state index contributed by atoms with van der Waals surface area (Å²) in [6, 6.07) is 18.1. The van der Waals surface area contributed by atoms with Crippen LogP contribution in [0.15, 0.2) is 59.4 Å². The molecule has 3 aromatic rings. The van der Waals surface area contributed by atoms with Gasteiger partial charge in [0.1, 0.15) is 0 Å². The highest BCUT2D eigenvalue weighted by Gasteiger charge is 2.29. The molecule has 1 amide bonds. The first kappa shape index (κ1) is 17.3. The van der Waals surface area contributed by atoms with E-state index in [2.05, 4.69) is 11.2 Å². The van der Waals surface area contributed by atoms with Crippen LogP contribution in [0.3, 0.4) is 0 Å². The van der Waals surface area contributed by atoms with Crippen LogP contribution < -0.4 is 5.69 Å². The first-order chi connectivity index (χ1) is 13.1. The summed E-state index contributed by atoms with van der Waals surface area (Å²) in [6.45, 7) is 4.04. The van der Waals surface area contributed by atoms with Crippen molar-refractivity contribution >= 4 is 5.91 Å². The summed E-state index contributed by atoms with van der Waals surface area (Å²) in [4.78, 5) is 27.2. The molecule has 6 nitrogen and oxygen atoms in total. The molecule has 1 aliphatic heterocycles. The molecule has 6 heteroatoms. The third kappa shape index (κ3) is 3.56. The molecule has 0 N–H and O–H groups in total. The number of nitrogens with zero attached hydrogens (tertiary/aromatic N) is 4. The smallest absolute Gasteiger partial charge is 0.330 e. The molecule has 0 spiro atoms. The predicted molar refractivity (Wildman–Crippen MR) is 103 cm³/mol. The van der Waals surface area contributed by atoms with E-state index in [1.165, 1.54) is 14.8 Å². The molecule has 0 saturated heterocycles. The molecule has 2 heterocycles. The average molecular weight is 362 g/mol. The average Bonchev–Trinajstić information content (AvgIpc) is 3.00. The Bertz CT molecular complexity index is 1020. The molecular formula is C21H22N4O2. The fraction of sp³-hybridized carbons (Fsp3) is 0.286. The Kier molecular flexibility index (Phi) is 4.62. The lowest BCUT2D eigenvalue weighted by molar-refractivity contribution is 0.0681. The summed E-state index contributed by atoms with van der Waals surface area (Å²) in [5.41, 5.74) is 3.19. The van der Waals surface area contributed by atoms with Crippen molar-refractivity contribution in [2.75, 3.05) is 6.54 Å². The topological polar surface area (TPSA) is 60.1 Å². The molecule has 1 aromatic heterocycles. The second kappa shape index (κ2) is 7.23. The van der Waals surface area contributed by atoms with Gasteiger partial charge in [-0.2, -0.15) is 0 Å². The van der Waals surface area contributed by atoms with E-state index in [1.807, 2.05) is 55.5 Å². The second-order valence-corrected chi connectivity index (χ2v) is 6.93. The summed E-state index contributed by atoms with van der Waals surface area (Å²) in [5, 5.41) is 4.33. The van der Waals surface area contributed by atoms with Crippen molar-refractivity contribution in [2.45, 2.75) is 33.0 Å². The lowest BCUT2D eigenvalue weighted by Crippen LogP contribution is -2.42. The van der Waals surface area contributed by atoms with Crippen molar-refractivity contribution in [3.05, 3.63) is 87.6 Å². The van der Waals surface area contributed by atoms with E-state index in [-0.39, 0.29) is 17.4 Å². The van der Waals surface area contributed by atoms with Gasteiger partial charge >= 0.3 is 5.69 Å². The fourth-order valence-corrected chi connectivity index (χ4v) is 3.47. The Balaban J connectivity index is 1.51. The lowest BCUT2D eigenvalue weighted by atomic mass is 10.1. The molecule has 1 aliphatic rings. The lowest BCUT2D eigenvalue weighted by Gasteiger charge is -2.26. The number of rotatable bonds is 5. The molecule has 0 radical (unpaired) electrons. The number of benzene rings is 2. The standard InChI is InChI=1S/C21H22N4O2/c1-16-6-5-9-18(14-16)15-23-12-13-24-19(20(23)26)22-25(21(24)27)11-10-17-7-3-2-4-8-17/h2-9,14H,10-13,15H2,1H3. The largest absolute Gasteiger partial charge is 0.346 e. The summed E-state index contributed by atoms with van der Waals surface area (Å²) >= 11 is 0. The maximum absolute atomic E-state index is 12.8. The fourth-order valence-electron chi connectivity index (χ4n) is 3.47. The molecule has 2 aromatic carbocycles. The van der Waals surface area contributed by atoms with E-state index in [0.29, 0.717) is 32.6 Å². The van der Waals surface area contributed by atoms with Crippen molar-refractivity contribution in [3.8, 4) is 0 Å². The summed E-state index contributed by atoms with van der Waals surface area (Å²) < 4.78 is 2.91. The van der Waals surface area contributed by atoms with Crippen LogP contribution in [-0.4, -0.2) is 31.7 Å². The minimum absolute atomic E-state index is 0.182. The summed E-state index contributed by atoms with van der Waals surface area (Å²) in [7, 11) is 0. The zero-order chi connectivity index (χ0) is 18.8. The maximum atomic E-state index is 12.8. The van der Waals surface area contributed by atoms with E-state index in [1.54, 1.807) is 4.90 Å². The van der Waals surface area contributed by atoms with Crippen molar-refractivity contribution < 1.29 is 4.79 Å². The Morgan fingerprint density at radius 1 is 0.963 bits per heavy atom. The molecule has 4 rings (SSSR count). The maximum Gasteiger partial charge on any atom is 0.346 e. The molecular weight excluding hydrogens is 340 g/mol. The zero-order valence-corrected chi connectivity index (χ0v) is 15.3. The van der Waals surface area contributed by atoms with Crippen LogP contribution in [0.1, 0.15) is 27.3 Å². The summed E-state index contributed by atoms with van der Waals surface area (Å²) in [5.74, 6) is 0.0604. The quantitative estimate of drug-likeness (QED) is 0.699. The molecule has 0 fully saturated rings. The molecule has 0 saturated carbocycles. The highest BCUT2D eigenvalue weighted by atomic mass is 16.2. The number of hydrogen-bond acceptors (Lipinski definition) is 3. The molecule has 0 atom stereocenters. The van der Waals surface area contributed by atoms with Gasteiger partial charge in [-0.15, -0.1) is 5.10 Å². The predicted octanol–water partition coefficient (Wildman–Crippen LogP) is 2.25. The molecule has 27 heavy (non-hydrogen) atoms. The Morgan fingerprint density at radius 2 is 1.74 bits per heavy atom. The number of amides is 1. The minimum atomic E-state index is -0.204. The first-order valence-corrected chi connectivity index (χ1v) is 9.18. The third-order valence-corrected chi connectivity index (χ3v) is 4.91. The monoisotopic (exact) mass is 362 g/mol. The number of carbonyl (C=O) groups is 1. The Labute approximate surface area is 157 Å². The van der Waals surface area contributed by atoms with Gasteiger partial charge in [0, 0.05) is 19.6 Å². The van der Waals surface area contributed by atoms with Gasteiger partial charge in [0.15, 0.2) is 0 Å². The number of hydrogen-bond donors (Lipinski definition) is 0. The van der Waals surface area contributed by atoms with Crippen LogP contribution in [-0.2, 0) is 26.1 Å². The number of aryl methyl sites for hydroxylation is 3. The van der Waals surface area contributed by atoms with Gasteiger partial charge in [-0.05, 0) is 24.5 Å². The summed E-state index contributed by atoms with van der Waals surface area (Å²) in [6.07, 6.45) is 0.707. The van der Waals surface area contributed by atoms with E-state index in [9.17, 15) is 9.59 Å². The number of aromatic nitrogens is 3. The van der Waals surface area contributed by atoms with Gasteiger partial charge in [0.25, 0.3) is 5.91 Å². The minimum Gasteiger partial charge on any atom is -0.330 e. The van der Waals surface area contributed by atoms with Crippen LogP contribution in [0.4, 0.5) is 0 Å². The van der Waals surface area contributed by atoms with E-state index < -0.39 is 0 Å². The van der Waals surface area contributed by atoms with E-state index in [0.717, 1.165) is 11.1 Å². The van der Waals surface area contributed by atoms with Gasteiger partial charge in [0.2, 0.25) is 5.82 Å². The molecule has 0 bridgehead atoms. The van der Waals surface area contributed by atoms with E-state index in [4.69, 9.17) is 0 Å². The molecule has 0 aliphatic carbocycles. The van der Waals surface area contributed by atoms with Crippen LogP contribution in [0.2, 0.25) is 0 Å². The van der Waals surface area contributed by atoms with Crippen LogP contribution in [0.25, 0.3) is 0 Å². The Morgan fingerprint density at radius 3 is 2.52 bits per heavy atom. The SMILES string of the molecule is Cc1cccc(CN2CCn3c(nn(CCc4ccccc4)c3=O)C2=O)c1. The van der Waals surface area contributed by atoms with Gasteiger partial charge in [-0.3, -0.25) is 9.36 Å². The van der Waals surface area contributed by atoms with Crippen LogP contribution in [0.5, 0.6) is 0 Å². The molecule has 0 unspecified atom stereocenters. The van der Waals surface area contributed by atoms with Crippen molar-refractivity contribution in [1.29, 1.82) is 0 Å². The second-order valence-electron chi connectivity index (χ2n) is 6.93. The number of carbonyl (C=O) groups excluding carboxylic acids is 1. The first-order valence-electron chi connectivity index (χ1n) is 9.18. The van der Waals surface area contributed by atoms with Crippen molar-refractivity contribution in [3.63, 3.8) is 0 Å². The van der Waals surface area contributed by atoms with E-state index >= 15 is 0 Å². The van der Waals surface area contributed by atoms with Crippen molar-refractivity contribution in [2.24, 2.45) is 0 Å². The van der Waals surface area contributed by atoms with Crippen LogP contribution in [0, 0.1) is 6.92 Å². The van der Waals surface area contributed by atoms with Gasteiger partial charge in [-0.25, -0.2) is 9.48 Å². The number of fused-ring (bicyclic) bond motifs is 1. The van der Waals surface area contributed by atoms with Gasteiger partial charge < -0.3 is 4.90 Å². The Hall–Kier alpha value is -3.15. The van der Waals surface area contributed by atoms with Gasteiger partial charge in [0.05, 0.1) is 6.54 Å². The normalized spacial score (nSPS) is 13.7. The van der Waals surface area contributed by atoms with Crippen LogP contribution >= 0.6 is 0 Å². The highest BCUT2D eigenvalue weighted by Crippen LogP contribution is 2.14. The van der Waals surface area contributed by atoms with Crippen molar-refractivity contribution in [1.82, 2.24) is 19.2 Å². The zero-order valence-electron chi connectivity index (χ0n) is 15.3.